The van der Waals surface area contributed by atoms with Crippen LogP contribution in [0.2, 0.25) is 0 Å². The maximum absolute atomic E-state index is 12.7. The summed E-state index contributed by atoms with van der Waals surface area (Å²) >= 11 is 0. The van der Waals surface area contributed by atoms with Crippen molar-refractivity contribution in [3.63, 3.8) is 0 Å². The first kappa shape index (κ1) is 41.3. The Hall–Kier alpha value is -3.92. The van der Waals surface area contributed by atoms with Crippen molar-refractivity contribution < 1.29 is 52.5 Å². The number of nitrogens with zero attached hydrogens (tertiary/aromatic N) is 1. The molecular formula is C34H52N4O11. The first-order valence-electron chi connectivity index (χ1n) is 16.7. The fourth-order valence-corrected chi connectivity index (χ4v) is 4.43. The molecule has 1 aliphatic rings. The van der Waals surface area contributed by atoms with Gasteiger partial charge in [-0.25, -0.2) is 0 Å². The van der Waals surface area contributed by atoms with Crippen molar-refractivity contribution in [2.45, 2.75) is 60.1 Å². The van der Waals surface area contributed by atoms with Crippen LogP contribution in [0.15, 0.2) is 24.3 Å². The van der Waals surface area contributed by atoms with E-state index in [1.165, 1.54) is 4.90 Å². The van der Waals surface area contributed by atoms with Crippen LogP contribution in [0.4, 0.5) is 5.69 Å². The van der Waals surface area contributed by atoms with Crippen molar-refractivity contribution in [1.82, 2.24) is 15.5 Å². The number of amides is 5. The maximum atomic E-state index is 12.7. The summed E-state index contributed by atoms with van der Waals surface area (Å²) in [4.78, 5) is 74.0. The maximum Gasteiger partial charge on any atom is 0.308 e. The summed E-state index contributed by atoms with van der Waals surface area (Å²) in [5.74, 6) is -2.57. The normalized spacial score (nSPS) is 15.1. The summed E-state index contributed by atoms with van der Waals surface area (Å²) in [6.45, 7) is 11.3. The first-order chi connectivity index (χ1) is 23.4. The van der Waals surface area contributed by atoms with Gasteiger partial charge in [0.2, 0.25) is 29.5 Å². The largest absolute Gasteiger partial charge is 0.461 e. The number of esters is 1. The van der Waals surface area contributed by atoms with E-state index in [1.807, 2.05) is 0 Å². The van der Waals surface area contributed by atoms with Crippen LogP contribution >= 0.6 is 0 Å². The van der Waals surface area contributed by atoms with Gasteiger partial charge in [-0.3, -0.25) is 33.7 Å². The third-order valence-electron chi connectivity index (χ3n) is 7.30. The minimum atomic E-state index is -0.829. The van der Waals surface area contributed by atoms with Crippen LogP contribution in [0, 0.1) is 17.8 Å². The van der Waals surface area contributed by atoms with Gasteiger partial charge in [0, 0.05) is 24.4 Å². The molecule has 15 nitrogen and oxygen atoms in total. The molecule has 1 saturated heterocycles. The van der Waals surface area contributed by atoms with Crippen LogP contribution in [-0.2, 0) is 59.1 Å². The van der Waals surface area contributed by atoms with Gasteiger partial charge < -0.3 is 39.6 Å². The Labute approximate surface area is 288 Å². The van der Waals surface area contributed by atoms with Crippen LogP contribution in [-0.4, -0.2) is 112 Å². The fraction of sp³-hybridized carbons (Fsp3) is 0.647. The topological polar surface area (TPSA) is 188 Å². The molecule has 1 fully saturated rings. The predicted molar refractivity (Wildman–Crippen MR) is 178 cm³/mol. The Morgan fingerprint density at radius 1 is 0.816 bits per heavy atom. The molecule has 1 aliphatic heterocycles. The number of rotatable bonds is 24. The Morgan fingerprint density at radius 3 is 1.92 bits per heavy atom. The first-order valence-corrected chi connectivity index (χ1v) is 16.7. The van der Waals surface area contributed by atoms with Crippen LogP contribution in [0.1, 0.15) is 53.0 Å². The summed E-state index contributed by atoms with van der Waals surface area (Å²) in [5, 5.41) is 7.95. The van der Waals surface area contributed by atoms with E-state index in [0.717, 1.165) is 5.56 Å². The molecule has 1 aromatic carbocycles. The van der Waals surface area contributed by atoms with Gasteiger partial charge in [0.25, 0.3) is 0 Å². The molecule has 1 heterocycles. The van der Waals surface area contributed by atoms with E-state index >= 15 is 0 Å². The molecule has 0 bridgehead atoms. The van der Waals surface area contributed by atoms with E-state index in [9.17, 15) is 28.8 Å². The molecule has 0 saturated carbocycles. The van der Waals surface area contributed by atoms with Crippen molar-refractivity contribution >= 4 is 41.2 Å². The van der Waals surface area contributed by atoms with E-state index in [4.69, 9.17) is 23.7 Å². The lowest BCUT2D eigenvalue weighted by atomic mass is 10.0. The number of imide groups is 1. The second-order valence-electron chi connectivity index (χ2n) is 12.2. The van der Waals surface area contributed by atoms with E-state index in [0.29, 0.717) is 38.7 Å². The highest BCUT2D eigenvalue weighted by Crippen LogP contribution is 2.18. The Balaban J connectivity index is 1.49. The summed E-state index contributed by atoms with van der Waals surface area (Å²) in [6.07, 6.45) is 0.305. The number of anilines is 1. The molecule has 2 unspecified atom stereocenters. The SMILES string of the molecule is CC(C)C(=O)OCc1ccc(NC(=O)CNC(=O)C(NC(=O)CCOCCOCCOCCOCCN2C(=O)CC(C)C2=O)C(C)C)cc1. The van der Waals surface area contributed by atoms with Crippen molar-refractivity contribution in [2.75, 3.05) is 71.3 Å². The summed E-state index contributed by atoms with van der Waals surface area (Å²) in [6, 6.07) is 5.98. The Bertz CT molecular complexity index is 1220. The second kappa shape index (κ2) is 22.7. The molecule has 15 heteroatoms. The van der Waals surface area contributed by atoms with E-state index < -0.39 is 17.9 Å². The fourth-order valence-electron chi connectivity index (χ4n) is 4.43. The number of likely N-dealkylation sites (tertiary alicyclic amines) is 1. The third kappa shape index (κ3) is 16.4. The molecule has 0 spiro atoms. The summed E-state index contributed by atoms with van der Waals surface area (Å²) < 4.78 is 26.9. The highest BCUT2D eigenvalue weighted by atomic mass is 16.6. The van der Waals surface area contributed by atoms with E-state index in [-0.39, 0.29) is 93.8 Å². The van der Waals surface area contributed by atoms with Crippen molar-refractivity contribution in [2.24, 2.45) is 17.8 Å². The average molecular weight is 693 g/mol. The monoisotopic (exact) mass is 692 g/mol. The summed E-state index contributed by atoms with van der Waals surface area (Å²) in [5.41, 5.74) is 1.29. The Morgan fingerprint density at radius 2 is 1.39 bits per heavy atom. The zero-order valence-corrected chi connectivity index (χ0v) is 29.2. The minimum Gasteiger partial charge on any atom is -0.461 e. The van der Waals surface area contributed by atoms with Crippen LogP contribution in [0.25, 0.3) is 0 Å². The van der Waals surface area contributed by atoms with Gasteiger partial charge in [-0.15, -0.1) is 0 Å². The number of ether oxygens (including phenoxy) is 5. The van der Waals surface area contributed by atoms with Gasteiger partial charge in [-0.05, 0) is 23.6 Å². The number of benzene rings is 1. The van der Waals surface area contributed by atoms with Crippen molar-refractivity contribution in [3.8, 4) is 0 Å². The highest BCUT2D eigenvalue weighted by Gasteiger charge is 2.35. The number of hydrogen-bond donors (Lipinski definition) is 3. The van der Waals surface area contributed by atoms with Gasteiger partial charge >= 0.3 is 5.97 Å². The molecule has 3 N–H and O–H groups in total. The van der Waals surface area contributed by atoms with Crippen molar-refractivity contribution in [3.05, 3.63) is 29.8 Å². The van der Waals surface area contributed by atoms with Gasteiger partial charge in [-0.2, -0.15) is 0 Å². The lowest BCUT2D eigenvalue weighted by molar-refractivity contribution is -0.148. The number of hydrogen-bond acceptors (Lipinski definition) is 11. The van der Waals surface area contributed by atoms with Crippen LogP contribution < -0.4 is 16.0 Å². The number of carbonyl (C=O) groups excluding carboxylic acids is 6. The molecule has 5 amide bonds. The molecule has 2 atom stereocenters. The minimum absolute atomic E-state index is 0.0475. The molecule has 49 heavy (non-hydrogen) atoms. The quantitative estimate of drug-likeness (QED) is 0.0808. The predicted octanol–water partition coefficient (Wildman–Crippen LogP) is 1.43. The van der Waals surface area contributed by atoms with Gasteiger partial charge in [0.05, 0.1) is 71.9 Å². The zero-order valence-electron chi connectivity index (χ0n) is 29.2. The molecule has 1 aromatic rings. The molecule has 2 rings (SSSR count). The standard InChI is InChI=1S/C34H52N4O11/c1-23(2)31(32(42)35-21-29(40)36-27-8-6-26(7-9-27)22-49-34(44)24(3)4)37-28(39)10-12-45-14-16-47-18-19-48-17-15-46-13-11-38-30(41)20-25(5)33(38)43/h6-9,23-25,31H,10-22H2,1-5H3,(H,35,42)(H,36,40)(H,37,39). The molecule has 0 radical (unpaired) electrons. The lowest BCUT2D eigenvalue weighted by Gasteiger charge is -2.21. The Kier molecular flexibility index (Phi) is 19.1. The summed E-state index contributed by atoms with van der Waals surface area (Å²) in [7, 11) is 0. The van der Waals surface area contributed by atoms with E-state index in [1.54, 1.807) is 58.9 Å². The number of nitrogens with one attached hydrogen (secondary N) is 3. The number of carbonyl (C=O) groups is 6. The highest BCUT2D eigenvalue weighted by molar-refractivity contribution is 6.03. The van der Waals surface area contributed by atoms with Gasteiger partial charge in [0.15, 0.2) is 0 Å². The van der Waals surface area contributed by atoms with Crippen molar-refractivity contribution in [1.29, 1.82) is 0 Å². The second-order valence-corrected chi connectivity index (χ2v) is 12.2. The van der Waals surface area contributed by atoms with Crippen LogP contribution in [0.3, 0.4) is 0 Å². The molecule has 0 aromatic heterocycles. The van der Waals surface area contributed by atoms with Crippen LogP contribution in [0.5, 0.6) is 0 Å². The third-order valence-corrected chi connectivity index (χ3v) is 7.30. The zero-order chi connectivity index (χ0) is 36.2. The molecule has 274 valence electrons. The average Bonchev–Trinajstić information content (AvgIpc) is 3.31. The van der Waals surface area contributed by atoms with Gasteiger partial charge in [0.1, 0.15) is 12.6 Å². The molecular weight excluding hydrogens is 640 g/mol. The molecule has 0 aliphatic carbocycles. The van der Waals surface area contributed by atoms with E-state index in [2.05, 4.69) is 16.0 Å². The smallest absolute Gasteiger partial charge is 0.308 e. The van der Waals surface area contributed by atoms with Gasteiger partial charge in [-0.1, -0.05) is 46.8 Å². The lowest BCUT2D eigenvalue weighted by Crippen LogP contribution is -2.51.